The summed E-state index contributed by atoms with van der Waals surface area (Å²) in [7, 11) is 0. The predicted octanol–water partition coefficient (Wildman–Crippen LogP) is 14.6. The van der Waals surface area contributed by atoms with E-state index >= 15 is 0 Å². The molecule has 16 rings (SSSR count). The fourth-order valence-corrected chi connectivity index (χ4v) is 15.0. The third-order valence-corrected chi connectivity index (χ3v) is 21.6. The summed E-state index contributed by atoms with van der Waals surface area (Å²) in [6, 6.07) is 12.2. The summed E-state index contributed by atoms with van der Waals surface area (Å²) in [5.41, 5.74) is -0.600. The number of phenolic OH excluding ortho intramolecular Hbond substituents is 16. The first-order chi connectivity index (χ1) is 65.0. The number of fused-ring (bicyclic) bond motifs is 8. The summed E-state index contributed by atoms with van der Waals surface area (Å²) in [6.45, 7) is 41.9. The van der Waals surface area contributed by atoms with Crippen LogP contribution in [0.1, 0.15) is 290 Å². The van der Waals surface area contributed by atoms with Crippen molar-refractivity contribution in [2.45, 2.75) is 211 Å². The molecule has 0 spiro atoms. The minimum Gasteiger partial charge on any atom is -0.504 e. The van der Waals surface area contributed by atoms with Crippen molar-refractivity contribution in [2.24, 2.45) is 0 Å². The number of rotatable bonds is 4. The van der Waals surface area contributed by atoms with E-state index in [0.29, 0.717) is 10.1 Å². The van der Waals surface area contributed by atoms with Crippen molar-refractivity contribution in [3.63, 3.8) is 0 Å². The van der Waals surface area contributed by atoms with Gasteiger partial charge >= 0.3 is 0 Å². The highest BCUT2D eigenvalue weighted by Gasteiger charge is 2.50. The van der Waals surface area contributed by atoms with E-state index in [4.69, 9.17) is 76.7 Å². The van der Waals surface area contributed by atoms with Crippen molar-refractivity contribution in [2.75, 3.05) is 0 Å². The molecule has 143 heavy (non-hydrogen) atoms. The van der Waals surface area contributed by atoms with Crippen LogP contribution in [0.15, 0.2) is 85.4 Å². The van der Waals surface area contributed by atoms with Gasteiger partial charge in [0.2, 0.25) is 0 Å². The topological polar surface area (TPSA) is 661 Å². The highest BCUT2D eigenvalue weighted by molar-refractivity contribution is 6.41. The zero-order valence-corrected chi connectivity index (χ0v) is 84.6. The molecule has 6 aliphatic heterocycles. The van der Waals surface area contributed by atoms with Crippen molar-refractivity contribution in [3.8, 4) is 92.0 Å². The maximum Gasteiger partial charge on any atom is 0.292 e. The maximum absolute atomic E-state index is 12.2. The standard InChI is InChI=1S/C12H13ClN2O4.C12H12ClNO5.C12H12ClNO4.C12H14N2O4.C12H13NO5.C12H13NO4.2C11H12ClNO4/c1-12(2,3)14-15-10(18)5-4-6(16)9(17)8(13)7(5)11(15)19;1-12(2,3)19-14-10(17)5-4-6(15)9(16)8(13)7(5)11(14)18;1-12(2,3)14-10(17)7-5(13)4-6(15)9(16)8(7)11(14)18;1-12(2,3)13-14-10(17)6-4-8(15)9(16)5-7(6)11(14)18;1-12(2,3)18-13-10(16)6-4-8(14)9(15)5-7(6)11(13)17;1-12(2,3)13-10(16)6-4-5-7(14)9(15)8(6)11(13)17;1-11(2,3)13-10(16)5-4-6(14)8(15)7(12)9(5)17-13;1-11(2,3)13-10(16)7-6(17-13)4-5(14)9(15)8(7)12/h4,14,16-17H,1-3H3;4,15-16H,1-3H3;4,15-16H,1-3H3;4-5,13,15-16H,1-3H3;4-5,14-15H,1-3H3;4-5,14-15H,1-3H3;2*4,14-15H,1-3H3. The summed E-state index contributed by atoms with van der Waals surface area (Å²) < 4.78 is 13.0. The van der Waals surface area contributed by atoms with E-state index in [1.54, 1.807) is 145 Å². The van der Waals surface area contributed by atoms with E-state index in [1.165, 1.54) is 18.2 Å². The molecule has 0 bridgehead atoms. The monoisotopic (exact) mass is 2090 g/mol. The highest BCUT2D eigenvalue weighted by atomic mass is 35.5. The van der Waals surface area contributed by atoms with Crippen molar-refractivity contribution in [1.29, 1.82) is 0 Å². The number of hydrogen-bond donors (Lipinski definition) is 18. The average Bonchev–Trinajstić information content (AvgIpc) is 1.59. The van der Waals surface area contributed by atoms with E-state index in [0.717, 1.165) is 77.8 Å². The molecule has 0 atom stereocenters. The molecule has 18 N–H and O–H groups in total. The number of aromatic hydroxyl groups is 16. The summed E-state index contributed by atoms with van der Waals surface area (Å²) >= 11 is 29.1. The predicted molar refractivity (Wildman–Crippen MR) is 511 cm³/mol. The third-order valence-electron chi connectivity index (χ3n) is 19.8. The van der Waals surface area contributed by atoms with Gasteiger partial charge in [-0.3, -0.25) is 86.6 Å². The Morgan fingerprint density at radius 2 is 0.594 bits per heavy atom. The number of imide groups is 6. The fraction of sp³-hybridized carbons (Fsp3) is 0.340. The first-order valence-electron chi connectivity index (χ1n) is 42.3. The zero-order valence-electron chi connectivity index (χ0n) is 80.8. The van der Waals surface area contributed by atoms with Crippen LogP contribution in [0.2, 0.25) is 25.1 Å². The lowest BCUT2D eigenvalue weighted by atomic mass is 10.1. The number of carbonyl (C=O) groups is 12. The Morgan fingerprint density at radius 1 is 0.273 bits per heavy atom. The van der Waals surface area contributed by atoms with Crippen molar-refractivity contribution >= 4 is 151 Å². The molecule has 10 aromatic rings. The van der Waals surface area contributed by atoms with E-state index in [1.807, 2.05) is 20.8 Å². The number of amides is 12. The number of hydrogen-bond acceptors (Lipinski definition) is 36. The van der Waals surface area contributed by atoms with Crippen LogP contribution in [-0.4, -0.2) is 225 Å². The molecule has 2 aromatic heterocycles. The average molecular weight is 2090 g/mol. The number of nitrogens with one attached hydrogen (secondary N) is 2. The third kappa shape index (κ3) is 22.4. The Balaban J connectivity index is 0.000000182. The van der Waals surface area contributed by atoms with Gasteiger partial charge in [-0.25, -0.2) is 20.9 Å². The summed E-state index contributed by atoms with van der Waals surface area (Å²) in [5.74, 6) is -15.5. The lowest BCUT2D eigenvalue weighted by molar-refractivity contribution is -0.165. The van der Waals surface area contributed by atoms with Gasteiger partial charge in [-0.1, -0.05) is 58.0 Å². The molecule has 12 amide bonds. The smallest absolute Gasteiger partial charge is 0.292 e. The van der Waals surface area contributed by atoms with Crippen molar-refractivity contribution in [1.82, 2.24) is 50.3 Å². The van der Waals surface area contributed by atoms with Crippen LogP contribution in [0, 0.1) is 0 Å². The first-order valence-corrected chi connectivity index (χ1v) is 44.1. The van der Waals surface area contributed by atoms with Crippen LogP contribution in [0.25, 0.3) is 21.9 Å². The van der Waals surface area contributed by atoms with Gasteiger partial charge in [0.15, 0.2) is 103 Å². The Bertz CT molecular complexity index is 6900. The van der Waals surface area contributed by atoms with E-state index in [-0.39, 0.29) is 114 Å². The van der Waals surface area contributed by atoms with Gasteiger partial charge in [0.25, 0.3) is 82.0 Å². The molecular formula is C94H101Cl5N10O34. The molecule has 8 aromatic carbocycles. The fourth-order valence-electron chi connectivity index (χ4n) is 13.7. The normalized spacial score (nSPS) is 14.5. The molecule has 0 aliphatic carbocycles. The number of nitrogens with zero attached hydrogens (tertiary/aromatic N) is 8. The van der Waals surface area contributed by atoms with Gasteiger partial charge in [0.1, 0.15) is 15.4 Å². The van der Waals surface area contributed by atoms with Crippen LogP contribution in [0.3, 0.4) is 0 Å². The van der Waals surface area contributed by atoms with E-state index in [9.17, 15) is 149 Å². The molecule has 8 heterocycles. The summed E-state index contributed by atoms with van der Waals surface area (Å²) in [6.07, 6.45) is 0. The second-order valence-electron chi connectivity index (χ2n) is 40.2. The van der Waals surface area contributed by atoms with Gasteiger partial charge in [-0.15, -0.1) is 10.1 Å². The van der Waals surface area contributed by atoms with Crippen LogP contribution < -0.4 is 22.0 Å². The van der Waals surface area contributed by atoms with Gasteiger partial charge in [0.05, 0.1) is 109 Å². The molecule has 0 saturated carbocycles. The molecule has 0 fully saturated rings. The quantitative estimate of drug-likeness (QED) is 0.0575. The van der Waals surface area contributed by atoms with Crippen LogP contribution >= 0.6 is 58.0 Å². The molecule has 766 valence electrons. The Hall–Kier alpha value is -14.8. The van der Waals surface area contributed by atoms with Gasteiger partial charge in [0, 0.05) is 40.4 Å². The van der Waals surface area contributed by atoms with Gasteiger partial charge < -0.3 is 90.8 Å². The molecule has 44 nitrogen and oxygen atoms in total. The largest absolute Gasteiger partial charge is 0.504 e. The van der Waals surface area contributed by atoms with E-state index < -0.39 is 218 Å². The molecular weight excluding hydrogens is 1990 g/mol. The second kappa shape index (κ2) is 39.3. The lowest BCUT2D eigenvalue weighted by Gasteiger charge is -2.29. The van der Waals surface area contributed by atoms with Gasteiger partial charge in [-0.05, 0) is 215 Å². The minimum atomic E-state index is -0.768. The highest BCUT2D eigenvalue weighted by Crippen LogP contribution is 2.49. The lowest BCUT2D eigenvalue weighted by Crippen LogP contribution is -2.51. The minimum absolute atomic E-state index is 0.0135. The maximum atomic E-state index is 12.2. The second-order valence-corrected chi connectivity index (χ2v) is 42.1. The van der Waals surface area contributed by atoms with Crippen LogP contribution in [0.4, 0.5) is 0 Å². The number of phenols is 16. The Morgan fingerprint density at radius 3 is 1.01 bits per heavy atom. The molecule has 0 radical (unpaired) electrons. The molecule has 6 aliphatic rings. The summed E-state index contributed by atoms with van der Waals surface area (Å²) in [5, 5.41) is 153. The summed E-state index contributed by atoms with van der Waals surface area (Å²) in [4.78, 5) is 181. The van der Waals surface area contributed by atoms with Gasteiger partial charge in [-0.2, -0.15) is 9.48 Å². The molecule has 49 heteroatoms. The molecule has 0 unspecified atom stereocenters. The van der Waals surface area contributed by atoms with Crippen LogP contribution in [-0.2, 0) is 20.8 Å². The van der Waals surface area contributed by atoms with E-state index in [2.05, 4.69) is 10.9 Å². The SMILES string of the molecule is CC(C)(C)N1C(=O)c2c(Cl)cc(O)c(O)c2C1=O.CC(C)(C)N1C(=O)c2ccc(O)c(O)c2C1=O.CC(C)(C)NN1C(=O)c2cc(O)c(O)c(Cl)c2C1=O.CC(C)(C)NN1C(=O)c2cc(O)c(O)cc2C1=O.CC(C)(C)ON1C(=O)c2cc(O)c(O)c(Cl)c2C1=O.CC(C)(C)ON1C(=O)c2cc(O)c(O)cc2C1=O.CC(C)(C)n1oc2c(Cl)c(O)c(O)cc2c1=O.CC(C)(C)n1oc2cc(O)c(O)c(Cl)c2c1=O. The first kappa shape index (κ1) is 112. The number of carbonyl (C=O) groups excluding carboxylic acids is 12. The Labute approximate surface area is 836 Å². The number of aromatic nitrogens is 2. The van der Waals surface area contributed by atoms with Crippen molar-refractivity contribution < 1.29 is 158 Å². The zero-order chi connectivity index (χ0) is 109. The number of hydrazine groups is 2. The number of benzene rings is 8. The molecule has 0 saturated heterocycles. The van der Waals surface area contributed by atoms with Crippen molar-refractivity contribution in [3.05, 3.63) is 179 Å². The van der Waals surface area contributed by atoms with Crippen LogP contribution in [0.5, 0.6) is 92.0 Å². The number of hydroxylamine groups is 4. The number of halogens is 5. The Kier molecular flexibility index (Phi) is 30.7.